The summed E-state index contributed by atoms with van der Waals surface area (Å²) in [5.74, 6) is -1.08. The standard InChI is InChI=1S/C19H20ClNO5/c1-2-25-10-11-26-18-15(20)8-5-9-16(18)21-17(22)12-13-6-3-4-7-14(13)19(23)24/h3-9H,2,10-12H2,1H3,(H,21,22)(H,23,24). The number of amides is 1. The number of carboxylic acids is 1. The summed E-state index contributed by atoms with van der Waals surface area (Å²) in [6.07, 6.45) is -0.0760. The van der Waals surface area contributed by atoms with Crippen LogP contribution in [0.25, 0.3) is 0 Å². The first-order valence-electron chi connectivity index (χ1n) is 8.13. The zero-order valence-electron chi connectivity index (χ0n) is 14.3. The van der Waals surface area contributed by atoms with Gasteiger partial charge >= 0.3 is 5.97 Å². The molecule has 2 N–H and O–H groups in total. The molecule has 0 aliphatic rings. The molecule has 0 aromatic heterocycles. The number of para-hydroxylation sites is 1. The molecule has 0 bridgehead atoms. The normalized spacial score (nSPS) is 10.4. The van der Waals surface area contributed by atoms with Gasteiger partial charge in [-0.2, -0.15) is 0 Å². The Hall–Kier alpha value is -2.57. The highest BCUT2D eigenvalue weighted by molar-refractivity contribution is 6.32. The summed E-state index contributed by atoms with van der Waals surface area (Å²) in [5, 5.41) is 12.3. The Labute approximate surface area is 156 Å². The Morgan fingerprint density at radius 2 is 1.88 bits per heavy atom. The van der Waals surface area contributed by atoms with Crippen LogP contribution in [0.15, 0.2) is 42.5 Å². The van der Waals surface area contributed by atoms with Gasteiger partial charge < -0.3 is 19.9 Å². The van der Waals surface area contributed by atoms with Gasteiger partial charge in [-0.25, -0.2) is 4.79 Å². The highest BCUT2D eigenvalue weighted by Crippen LogP contribution is 2.33. The van der Waals surface area contributed by atoms with Crippen LogP contribution in [0.3, 0.4) is 0 Å². The summed E-state index contributed by atoms with van der Waals surface area (Å²) in [5.41, 5.74) is 0.951. The average molecular weight is 378 g/mol. The average Bonchev–Trinajstić information content (AvgIpc) is 2.61. The van der Waals surface area contributed by atoms with Gasteiger partial charge in [0.25, 0.3) is 0 Å². The van der Waals surface area contributed by atoms with E-state index in [4.69, 9.17) is 21.1 Å². The SMILES string of the molecule is CCOCCOc1c(Cl)cccc1NC(=O)Cc1ccccc1C(=O)O. The monoisotopic (exact) mass is 377 g/mol. The second-order valence-corrected chi connectivity index (χ2v) is 5.76. The first kappa shape index (κ1) is 19.8. The zero-order chi connectivity index (χ0) is 18.9. The van der Waals surface area contributed by atoms with E-state index in [2.05, 4.69) is 5.32 Å². The molecule has 1 amide bonds. The minimum atomic E-state index is -1.07. The molecule has 0 aliphatic heterocycles. The van der Waals surface area contributed by atoms with Gasteiger partial charge in [0.1, 0.15) is 6.61 Å². The maximum absolute atomic E-state index is 12.4. The molecule has 26 heavy (non-hydrogen) atoms. The van der Waals surface area contributed by atoms with Gasteiger partial charge in [-0.05, 0) is 30.7 Å². The predicted molar refractivity (Wildman–Crippen MR) is 99.2 cm³/mol. The van der Waals surface area contributed by atoms with Crippen molar-refractivity contribution in [1.82, 2.24) is 0 Å². The molecule has 2 rings (SSSR count). The summed E-state index contributed by atoms with van der Waals surface area (Å²) >= 11 is 6.16. The lowest BCUT2D eigenvalue weighted by Gasteiger charge is -2.14. The molecular formula is C19H20ClNO5. The fraction of sp³-hybridized carbons (Fsp3) is 0.263. The van der Waals surface area contributed by atoms with Gasteiger partial charge in [-0.15, -0.1) is 0 Å². The molecule has 2 aromatic carbocycles. The molecule has 0 spiro atoms. The molecule has 0 atom stereocenters. The molecule has 2 aromatic rings. The Morgan fingerprint density at radius 3 is 2.62 bits per heavy atom. The molecule has 0 saturated carbocycles. The lowest BCUT2D eigenvalue weighted by atomic mass is 10.0. The number of carboxylic acid groups (broad SMARTS) is 1. The second-order valence-electron chi connectivity index (χ2n) is 5.35. The van der Waals surface area contributed by atoms with Crippen LogP contribution in [0.2, 0.25) is 5.02 Å². The lowest BCUT2D eigenvalue weighted by molar-refractivity contribution is -0.115. The Kier molecular flexibility index (Phi) is 7.44. The minimum Gasteiger partial charge on any atom is -0.487 e. The van der Waals surface area contributed by atoms with Crippen LogP contribution < -0.4 is 10.1 Å². The molecule has 6 nitrogen and oxygen atoms in total. The maximum Gasteiger partial charge on any atom is 0.335 e. The third kappa shape index (κ3) is 5.47. The summed E-state index contributed by atoms with van der Waals surface area (Å²) in [4.78, 5) is 23.6. The first-order valence-corrected chi connectivity index (χ1v) is 8.50. The fourth-order valence-corrected chi connectivity index (χ4v) is 2.58. The van der Waals surface area contributed by atoms with Crippen molar-refractivity contribution < 1.29 is 24.2 Å². The number of carbonyl (C=O) groups is 2. The quantitative estimate of drug-likeness (QED) is 0.652. The van der Waals surface area contributed by atoms with Crippen molar-refractivity contribution in [2.75, 3.05) is 25.1 Å². The van der Waals surface area contributed by atoms with E-state index in [-0.39, 0.29) is 17.9 Å². The largest absolute Gasteiger partial charge is 0.487 e. The van der Waals surface area contributed by atoms with E-state index in [1.54, 1.807) is 36.4 Å². The number of nitrogens with one attached hydrogen (secondary N) is 1. The molecule has 0 unspecified atom stereocenters. The van der Waals surface area contributed by atoms with Gasteiger partial charge in [-0.3, -0.25) is 4.79 Å². The van der Waals surface area contributed by atoms with Crippen LogP contribution in [0.4, 0.5) is 5.69 Å². The highest BCUT2D eigenvalue weighted by atomic mass is 35.5. The van der Waals surface area contributed by atoms with Crippen molar-refractivity contribution >= 4 is 29.2 Å². The van der Waals surface area contributed by atoms with Crippen molar-refractivity contribution in [3.63, 3.8) is 0 Å². The molecule has 0 fully saturated rings. The smallest absolute Gasteiger partial charge is 0.335 e. The second kappa shape index (κ2) is 9.79. The molecule has 0 radical (unpaired) electrons. The first-order chi connectivity index (χ1) is 12.5. The topological polar surface area (TPSA) is 84.9 Å². The van der Waals surface area contributed by atoms with Crippen molar-refractivity contribution in [3.8, 4) is 5.75 Å². The van der Waals surface area contributed by atoms with Crippen LogP contribution >= 0.6 is 11.6 Å². The van der Waals surface area contributed by atoms with E-state index in [1.165, 1.54) is 6.07 Å². The molecule has 7 heteroatoms. The van der Waals surface area contributed by atoms with Gasteiger partial charge in [0.15, 0.2) is 5.75 Å². The van der Waals surface area contributed by atoms with Crippen molar-refractivity contribution in [1.29, 1.82) is 0 Å². The lowest BCUT2D eigenvalue weighted by Crippen LogP contribution is -2.17. The number of anilines is 1. The van der Waals surface area contributed by atoms with Crippen LogP contribution in [-0.2, 0) is 16.0 Å². The Bertz CT molecular complexity index is 778. The number of hydrogen-bond acceptors (Lipinski definition) is 4. The van der Waals surface area contributed by atoms with Crippen LogP contribution in [0.1, 0.15) is 22.8 Å². The summed E-state index contributed by atoms with van der Waals surface area (Å²) in [7, 11) is 0. The van der Waals surface area contributed by atoms with Gasteiger partial charge in [-0.1, -0.05) is 35.9 Å². The molecule has 0 saturated heterocycles. The zero-order valence-corrected chi connectivity index (χ0v) is 15.1. The highest BCUT2D eigenvalue weighted by Gasteiger charge is 2.15. The van der Waals surface area contributed by atoms with E-state index in [0.717, 1.165) is 0 Å². The third-order valence-corrected chi connectivity index (χ3v) is 3.82. The Morgan fingerprint density at radius 1 is 1.12 bits per heavy atom. The van der Waals surface area contributed by atoms with Crippen LogP contribution in [-0.4, -0.2) is 36.8 Å². The van der Waals surface area contributed by atoms with E-state index in [0.29, 0.717) is 41.8 Å². The number of ether oxygens (including phenoxy) is 2. The fourth-order valence-electron chi connectivity index (χ4n) is 2.35. The number of halogens is 1. The van der Waals surface area contributed by atoms with E-state index in [9.17, 15) is 14.7 Å². The molecule has 138 valence electrons. The number of benzene rings is 2. The Balaban J connectivity index is 2.09. The van der Waals surface area contributed by atoms with Crippen LogP contribution in [0, 0.1) is 0 Å². The molecule has 0 aliphatic carbocycles. The third-order valence-electron chi connectivity index (χ3n) is 3.52. The summed E-state index contributed by atoms with van der Waals surface area (Å²) in [6, 6.07) is 11.4. The maximum atomic E-state index is 12.4. The molecule has 0 heterocycles. The summed E-state index contributed by atoms with van der Waals surface area (Å²) in [6.45, 7) is 3.16. The van der Waals surface area contributed by atoms with E-state index >= 15 is 0 Å². The number of rotatable bonds is 9. The van der Waals surface area contributed by atoms with E-state index in [1.807, 2.05) is 6.92 Å². The number of hydrogen-bond donors (Lipinski definition) is 2. The van der Waals surface area contributed by atoms with Crippen molar-refractivity contribution in [2.45, 2.75) is 13.3 Å². The van der Waals surface area contributed by atoms with Gasteiger partial charge in [0, 0.05) is 6.61 Å². The van der Waals surface area contributed by atoms with E-state index < -0.39 is 5.97 Å². The summed E-state index contributed by atoms with van der Waals surface area (Å²) < 4.78 is 10.8. The van der Waals surface area contributed by atoms with Gasteiger partial charge in [0.05, 0.1) is 29.3 Å². The number of aromatic carboxylic acids is 1. The minimum absolute atomic E-state index is 0.0760. The van der Waals surface area contributed by atoms with Gasteiger partial charge in [0.2, 0.25) is 5.91 Å². The predicted octanol–water partition coefficient (Wildman–Crippen LogP) is 3.63. The molecular weight excluding hydrogens is 358 g/mol. The number of carbonyl (C=O) groups excluding carboxylic acids is 1. The van der Waals surface area contributed by atoms with Crippen molar-refractivity contribution in [2.24, 2.45) is 0 Å². The van der Waals surface area contributed by atoms with Crippen molar-refractivity contribution in [3.05, 3.63) is 58.6 Å². The van der Waals surface area contributed by atoms with Crippen LogP contribution in [0.5, 0.6) is 5.75 Å².